The fraction of sp³-hybridized carbons (Fsp3) is 0.538. The van der Waals surface area contributed by atoms with E-state index >= 15 is 0 Å². The first kappa shape index (κ1) is 13.1. The van der Waals surface area contributed by atoms with Gasteiger partial charge in [-0.3, -0.25) is 0 Å². The summed E-state index contributed by atoms with van der Waals surface area (Å²) in [7, 11) is 0. The molecule has 0 bridgehead atoms. The molecule has 0 radical (unpaired) electrons. The minimum Gasteiger partial charge on any atom is -0.388 e. The minimum absolute atomic E-state index is 0.0271. The highest BCUT2D eigenvalue weighted by molar-refractivity contribution is 5.25. The van der Waals surface area contributed by atoms with Gasteiger partial charge >= 0.3 is 0 Å². The third-order valence-electron chi connectivity index (χ3n) is 2.87. The van der Waals surface area contributed by atoms with E-state index in [4.69, 9.17) is 0 Å². The van der Waals surface area contributed by atoms with E-state index in [9.17, 15) is 13.9 Å². The Labute approximate surface area is 95.1 Å². The van der Waals surface area contributed by atoms with Gasteiger partial charge in [0.15, 0.2) is 0 Å². The molecule has 0 aromatic heterocycles. The van der Waals surface area contributed by atoms with Crippen LogP contribution in [0.25, 0.3) is 0 Å². The average Bonchev–Trinajstić information content (AvgIpc) is 2.28. The molecule has 1 rings (SSSR count). The smallest absolute Gasteiger partial charge is 0.263 e. The van der Waals surface area contributed by atoms with E-state index in [-0.39, 0.29) is 5.56 Å². The van der Waals surface area contributed by atoms with Gasteiger partial charge in [0.25, 0.3) is 6.43 Å². The number of alkyl halides is 2. The summed E-state index contributed by atoms with van der Waals surface area (Å²) in [6.45, 7) is 4.09. The molecular weight excluding hydrogens is 210 g/mol. The predicted molar refractivity (Wildman–Crippen MR) is 60.4 cm³/mol. The normalized spacial score (nSPS) is 15.1. The number of hydrogen-bond donors (Lipinski definition) is 1. The third kappa shape index (κ3) is 3.56. The quantitative estimate of drug-likeness (QED) is 0.804. The minimum atomic E-state index is -2.48. The van der Waals surface area contributed by atoms with E-state index in [0.717, 1.165) is 6.42 Å². The number of benzene rings is 1. The summed E-state index contributed by atoms with van der Waals surface area (Å²) >= 11 is 0. The Kier molecular flexibility index (Phi) is 4.87. The van der Waals surface area contributed by atoms with Gasteiger partial charge in [-0.25, -0.2) is 8.78 Å². The van der Waals surface area contributed by atoms with Gasteiger partial charge in [0.2, 0.25) is 0 Å². The maximum absolute atomic E-state index is 12.5. The molecule has 0 saturated heterocycles. The van der Waals surface area contributed by atoms with Crippen LogP contribution in [-0.2, 0) is 0 Å². The maximum Gasteiger partial charge on any atom is 0.263 e. The van der Waals surface area contributed by atoms with Gasteiger partial charge in [-0.15, -0.1) is 0 Å². The Hall–Kier alpha value is -0.960. The number of aliphatic hydroxyl groups excluding tert-OH is 1. The summed E-state index contributed by atoms with van der Waals surface area (Å²) in [5.41, 5.74) is 0.554. The van der Waals surface area contributed by atoms with Gasteiger partial charge in [-0.2, -0.15) is 0 Å². The lowest BCUT2D eigenvalue weighted by Gasteiger charge is -2.16. The highest BCUT2D eigenvalue weighted by atomic mass is 19.3. The van der Waals surface area contributed by atoms with Crippen LogP contribution in [-0.4, -0.2) is 5.11 Å². The SMILES string of the molecule is CCC(C)CC(O)c1cccc(C(F)F)c1. The molecule has 0 aliphatic rings. The van der Waals surface area contributed by atoms with Gasteiger partial charge < -0.3 is 5.11 Å². The van der Waals surface area contributed by atoms with Crippen LogP contribution in [0.4, 0.5) is 8.78 Å². The highest BCUT2D eigenvalue weighted by Gasteiger charge is 2.14. The van der Waals surface area contributed by atoms with Crippen molar-refractivity contribution in [1.82, 2.24) is 0 Å². The first-order valence-corrected chi connectivity index (χ1v) is 5.60. The van der Waals surface area contributed by atoms with Crippen molar-refractivity contribution in [3.05, 3.63) is 35.4 Å². The molecule has 16 heavy (non-hydrogen) atoms. The molecule has 1 nitrogen and oxygen atoms in total. The Morgan fingerprint density at radius 2 is 1.88 bits per heavy atom. The second-order valence-corrected chi connectivity index (χ2v) is 4.24. The Balaban J connectivity index is 2.75. The van der Waals surface area contributed by atoms with E-state index in [2.05, 4.69) is 0 Å². The lowest BCUT2D eigenvalue weighted by atomic mass is 9.95. The Bertz CT molecular complexity index is 325. The van der Waals surface area contributed by atoms with Crippen LogP contribution in [0.2, 0.25) is 0 Å². The Morgan fingerprint density at radius 3 is 2.44 bits per heavy atom. The summed E-state index contributed by atoms with van der Waals surface area (Å²) in [5, 5.41) is 9.88. The van der Waals surface area contributed by atoms with Gasteiger partial charge in [0.05, 0.1) is 6.10 Å². The second-order valence-electron chi connectivity index (χ2n) is 4.24. The van der Waals surface area contributed by atoms with Crippen molar-refractivity contribution in [2.75, 3.05) is 0 Å². The van der Waals surface area contributed by atoms with E-state index in [1.54, 1.807) is 12.1 Å². The van der Waals surface area contributed by atoms with Crippen LogP contribution in [0, 0.1) is 5.92 Å². The van der Waals surface area contributed by atoms with Crippen molar-refractivity contribution in [1.29, 1.82) is 0 Å². The van der Waals surface area contributed by atoms with Crippen LogP contribution < -0.4 is 0 Å². The maximum atomic E-state index is 12.5. The molecule has 0 saturated carbocycles. The van der Waals surface area contributed by atoms with Crippen LogP contribution in [0.5, 0.6) is 0 Å². The van der Waals surface area contributed by atoms with Crippen LogP contribution in [0.15, 0.2) is 24.3 Å². The highest BCUT2D eigenvalue weighted by Crippen LogP contribution is 2.26. The zero-order valence-corrected chi connectivity index (χ0v) is 9.66. The molecule has 3 heteroatoms. The average molecular weight is 228 g/mol. The first-order chi connectivity index (χ1) is 7.54. The largest absolute Gasteiger partial charge is 0.388 e. The fourth-order valence-corrected chi connectivity index (χ4v) is 1.59. The molecule has 1 N–H and O–H groups in total. The van der Waals surface area contributed by atoms with E-state index in [1.165, 1.54) is 12.1 Å². The summed E-state index contributed by atoms with van der Waals surface area (Å²) in [4.78, 5) is 0. The molecule has 1 aromatic rings. The van der Waals surface area contributed by atoms with Crippen molar-refractivity contribution in [3.8, 4) is 0 Å². The zero-order chi connectivity index (χ0) is 12.1. The van der Waals surface area contributed by atoms with Crippen molar-refractivity contribution in [2.45, 2.75) is 39.2 Å². The lowest BCUT2D eigenvalue weighted by molar-refractivity contribution is 0.142. The van der Waals surface area contributed by atoms with Crippen molar-refractivity contribution in [3.63, 3.8) is 0 Å². The van der Waals surface area contributed by atoms with E-state index in [0.29, 0.717) is 17.9 Å². The molecule has 0 spiro atoms. The summed E-state index contributed by atoms with van der Waals surface area (Å²) in [6, 6.07) is 6.03. The van der Waals surface area contributed by atoms with Gasteiger partial charge in [-0.05, 0) is 24.0 Å². The lowest BCUT2D eigenvalue weighted by Crippen LogP contribution is -2.04. The summed E-state index contributed by atoms with van der Waals surface area (Å²) in [6.07, 6.45) is -1.53. The molecule has 2 atom stereocenters. The van der Waals surface area contributed by atoms with E-state index in [1.807, 2.05) is 13.8 Å². The number of rotatable bonds is 5. The molecule has 1 aromatic carbocycles. The van der Waals surface area contributed by atoms with Crippen LogP contribution in [0.3, 0.4) is 0 Å². The number of hydrogen-bond acceptors (Lipinski definition) is 1. The van der Waals surface area contributed by atoms with Gasteiger partial charge in [-0.1, -0.05) is 38.5 Å². The standard InChI is InChI=1S/C13H18F2O/c1-3-9(2)7-12(16)10-5-4-6-11(8-10)13(14)15/h4-6,8-9,12-13,16H,3,7H2,1-2H3. The topological polar surface area (TPSA) is 20.2 Å². The van der Waals surface area contributed by atoms with Crippen molar-refractivity contribution < 1.29 is 13.9 Å². The molecule has 0 aliphatic heterocycles. The Morgan fingerprint density at radius 1 is 1.25 bits per heavy atom. The van der Waals surface area contributed by atoms with Crippen molar-refractivity contribution in [2.24, 2.45) is 5.92 Å². The molecule has 0 aliphatic carbocycles. The van der Waals surface area contributed by atoms with E-state index < -0.39 is 12.5 Å². The molecule has 0 fully saturated rings. The summed E-state index contributed by atoms with van der Waals surface area (Å²) in [5.74, 6) is 0.394. The van der Waals surface area contributed by atoms with Gasteiger partial charge in [0.1, 0.15) is 0 Å². The summed E-state index contributed by atoms with van der Waals surface area (Å²) < 4.78 is 24.9. The van der Waals surface area contributed by atoms with Crippen LogP contribution >= 0.6 is 0 Å². The number of aliphatic hydroxyl groups is 1. The molecule has 0 heterocycles. The first-order valence-electron chi connectivity index (χ1n) is 5.60. The monoisotopic (exact) mass is 228 g/mol. The molecule has 0 amide bonds. The predicted octanol–water partition coefficient (Wildman–Crippen LogP) is 4.09. The molecule has 90 valence electrons. The third-order valence-corrected chi connectivity index (χ3v) is 2.87. The number of halogens is 2. The zero-order valence-electron chi connectivity index (χ0n) is 9.66. The molecular formula is C13H18F2O. The fourth-order valence-electron chi connectivity index (χ4n) is 1.59. The second kappa shape index (κ2) is 5.94. The van der Waals surface area contributed by atoms with Crippen LogP contribution in [0.1, 0.15) is 50.3 Å². The molecule has 2 unspecified atom stereocenters. The van der Waals surface area contributed by atoms with Gasteiger partial charge in [0, 0.05) is 5.56 Å². The van der Waals surface area contributed by atoms with Crippen molar-refractivity contribution >= 4 is 0 Å².